The van der Waals surface area contributed by atoms with Gasteiger partial charge < -0.3 is 5.32 Å². The molecule has 0 saturated carbocycles. The van der Waals surface area contributed by atoms with Crippen LogP contribution in [0.4, 0.5) is 0 Å². The number of hydrogen-bond donors (Lipinski definition) is 2. The number of rotatable bonds is 2. The Morgan fingerprint density at radius 3 is 2.35 bits per heavy atom. The first kappa shape index (κ1) is 14.4. The van der Waals surface area contributed by atoms with Gasteiger partial charge in [-0.1, -0.05) is 72.8 Å². The molecular formula is C21H22N2. The van der Waals surface area contributed by atoms with Crippen LogP contribution in [0.3, 0.4) is 0 Å². The summed E-state index contributed by atoms with van der Waals surface area (Å²) in [5.74, 6) is 0.429. The molecule has 1 aliphatic heterocycles. The lowest BCUT2D eigenvalue weighted by Crippen LogP contribution is -2.51. The van der Waals surface area contributed by atoms with E-state index in [0.29, 0.717) is 18.1 Å². The molecule has 2 heteroatoms. The summed E-state index contributed by atoms with van der Waals surface area (Å²) in [5, 5.41) is 9.90. The summed E-state index contributed by atoms with van der Waals surface area (Å²) < 4.78 is 0. The van der Waals surface area contributed by atoms with Gasteiger partial charge >= 0.3 is 0 Å². The molecule has 116 valence electrons. The molecule has 0 amide bonds. The smallest absolute Gasteiger partial charge is 0.0547 e. The molecule has 23 heavy (non-hydrogen) atoms. The van der Waals surface area contributed by atoms with Crippen LogP contribution in [0.15, 0.2) is 72.8 Å². The van der Waals surface area contributed by atoms with Gasteiger partial charge in [0, 0.05) is 18.5 Å². The molecule has 0 radical (unpaired) electrons. The van der Waals surface area contributed by atoms with Gasteiger partial charge in [-0.3, -0.25) is 5.32 Å². The van der Waals surface area contributed by atoms with Crippen molar-refractivity contribution in [3.05, 3.63) is 83.9 Å². The molecule has 1 saturated heterocycles. The van der Waals surface area contributed by atoms with Crippen LogP contribution in [-0.2, 0) is 0 Å². The molecule has 4 rings (SSSR count). The van der Waals surface area contributed by atoms with E-state index < -0.39 is 0 Å². The number of benzene rings is 3. The zero-order chi connectivity index (χ0) is 15.6. The fraction of sp³-hybridized carbons (Fsp3) is 0.238. The molecule has 1 heterocycles. The van der Waals surface area contributed by atoms with E-state index in [-0.39, 0.29) is 0 Å². The first-order valence-corrected chi connectivity index (χ1v) is 8.34. The topological polar surface area (TPSA) is 24.1 Å². The summed E-state index contributed by atoms with van der Waals surface area (Å²) in [6.07, 6.45) is 0.330. The highest BCUT2D eigenvalue weighted by Crippen LogP contribution is 2.34. The lowest BCUT2D eigenvalue weighted by molar-refractivity contribution is 0.285. The highest BCUT2D eigenvalue weighted by molar-refractivity contribution is 5.83. The Morgan fingerprint density at radius 1 is 0.783 bits per heavy atom. The van der Waals surface area contributed by atoms with Crippen molar-refractivity contribution in [2.24, 2.45) is 0 Å². The van der Waals surface area contributed by atoms with Crippen LogP contribution >= 0.6 is 0 Å². The van der Waals surface area contributed by atoms with Crippen molar-refractivity contribution in [1.82, 2.24) is 10.6 Å². The van der Waals surface area contributed by atoms with E-state index in [9.17, 15) is 0 Å². The summed E-state index contributed by atoms with van der Waals surface area (Å²) in [7, 11) is 0. The predicted molar refractivity (Wildman–Crippen MR) is 96.5 cm³/mol. The van der Waals surface area contributed by atoms with Gasteiger partial charge in [0.1, 0.15) is 0 Å². The minimum Gasteiger partial charge on any atom is -0.301 e. The van der Waals surface area contributed by atoms with Crippen molar-refractivity contribution >= 4 is 10.8 Å². The Bertz CT molecular complexity index is 797. The molecule has 0 aromatic heterocycles. The summed E-state index contributed by atoms with van der Waals surface area (Å²) in [6.45, 7) is 3.18. The Balaban J connectivity index is 1.74. The summed E-state index contributed by atoms with van der Waals surface area (Å²) in [5.41, 5.74) is 2.75. The first-order valence-electron chi connectivity index (χ1n) is 8.34. The Morgan fingerprint density at radius 2 is 1.52 bits per heavy atom. The monoisotopic (exact) mass is 302 g/mol. The fourth-order valence-corrected chi connectivity index (χ4v) is 3.60. The van der Waals surface area contributed by atoms with E-state index in [1.54, 1.807) is 0 Å². The van der Waals surface area contributed by atoms with Crippen LogP contribution in [0.2, 0.25) is 0 Å². The molecule has 3 atom stereocenters. The lowest BCUT2D eigenvalue weighted by atomic mass is 9.84. The summed E-state index contributed by atoms with van der Waals surface area (Å²) in [4.78, 5) is 0. The van der Waals surface area contributed by atoms with Crippen molar-refractivity contribution in [1.29, 1.82) is 0 Å². The van der Waals surface area contributed by atoms with Gasteiger partial charge in [0.15, 0.2) is 0 Å². The summed E-state index contributed by atoms with van der Waals surface area (Å²) in [6, 6.07) is 26.6. The molecule has 2 N–H and O–H groups in total. The zero-order valence-corrected chi connectivity index (χ0v) is 13.4. The van der Waals surface area contributed by atoms with E-state index in [2.05, 4.69) is 90.4 Å². The molecule has 3 aromatic rings. The molecule has 3 aromatic carbocycles. The van der Waals surface area contributed by atoms with E-state index in [1.165, 1.54) is 21.9 Å². The third-order valence-electron chi connectivity index (χ3n) is 4.84. The second kappa shape index (κ2) is 6.15. The van der Waals surface area contributed by atoms with Gasteiger partial charge in [0.05, 0.1) is 6.17 Å². The maximum atomic E-state index is 3.72. The highest BCUT2D eigenvalue weighted by Gasteiger charge is 2.30. The van der Waals surface area contributed by atoms with Crippen molar-refractivity contribution in [3.63, 3.8) is 0 Å². The van der Waals surface area contributed by atoms with Gasteiger partial charge in [0.25, 0.3) is 0 Å². The second-order valence-corrected chi connectivity index (χ2v) is 6.40. The zero-order valence-electron chi connectivity index (χ0n) is 13.4. The van der Waals surface area contributed by atoms with Crippen molar-refractivity contribution in [2.45, 2.75) is 25.0 Å². The van der Waals surface area contributed by atoms with Crippen LogP contribution in [-0.4, -0.2) is 12.7 Å². The normalized spacial score (nSPS) is 24.7. The predicted octanol–water partition coefficient (Wildman–Crippen LogP) is 4.20. The average molecular weight is 302 g/mol. The molecule has 0 aliphatic carbocycles. The van der Waals surface area contributed by atoms with Crippen molar-refractivity contribution < 1.29 is 0 Å². The molecule has 1 fully saturated rings. The van der Waals surface area contributed by atoms with E-state index in [1.807, 2.05) is 0 Å². The van der Waals surface area contributed by atoms with Gasteiger partial charge in [-0.15, -0.1) is 0 Å². The Labute approximate surface area is 137 Å². The molecule has 0 spiro atoms. The average Bonchev–Trinajstić information content (AvgIpc) is 2.62. The molecule has 2 nitrogen and oxygen atoms in total. The van der Waals surface area contributed by atoms with Gasteiger partial charge in [-0.05, 0) is 28.8 Å². The van der Waals surface area contributed by atoms with Crippen LogP contribution < -0.4 is 10.6 Å². The van der Waals surface area contributed by atoms with Gasteiger partial charge in [-0.2, -0.15) is 0 Å². The number of hydrogen-bond acceptors (Lipinski definition) is 2. The second-order valence-electron chi connectivity index (χ2n) is 6.40. The van der Waals surface area contributed by atoms with Crippen LogP contribution in [0.1, 0.15) is 30.0 Å². The Hall–Kier alpha value is -2.16. The molecule has 3 unspecified atom stereocenters. The van der Waals surface area contributed by atoms with Gasteiger partial charge in [0.2, 0.25) is 0 Å². The standard InChI is InChI=1S/C21H22N2/c1-15-22-14-20(21(23-15)17-8-3-2-4-9-17)19-12-11-16-7-5-6-10-18(16)13-19/h2-13,15,20-23H,14H2,1H3. The number of fused-ring (bicyclic) bond motifs is 1. The maximum Gasteiger partial charge on any atom is 0.0547 e. The van der Waals surface area contributed by atoms with E-state index >= 15 is 0 Å². The molecule has 0 bridgehead atoms. The SMILES string of the molecule is CC1NCC(c2ccc3ccccc3c2)C(c2ccccc2)N1. The van der Waals surface area contributed by atoms with Gasteiger partial charge in [-0.25, -0.2) is 0 Å². The largest absolute Gasteiger partial charge is 0.301 e. The minimum absolute atomic E-state index is 0.330. The van der Waals surface area contributed by atoms with Crippen LogP contribution in [0, 0.1) is 0 Å². The lowest BCUT2D eigenvalue weighted by Gasteiger charge is -2.38. The molecular weight excluding hydrogens is 280 g/mol. The quantitative estimate of drug-likeness (QED) is 0.741. The van der Waals surface area contributed by atoms with E-state index in [0.717, 1.165) is 6.54 Å². The highest BCUT2D eigenvalue weighted by atomic mass is 15.2. The van der Waals surface area contributed by atoms with Crippen molar-refractivity contribution in [2.75, 3.05) is 6.54 Å². The maximum absolute atomic E-state index is 3.72. The summed E-state index contributed by atoms with van der Waals surface area (Å²) >= 11 is 0. The van der Waals surface area contributed by atoms with Crippen LogP contribution in [0.5, 0.6) is 0 Å². The van der Waals surface area contributed by atoms with Crippen LogP contribution in [0.25, 0.3) is 10.8 Å². The molecule has 1 aliphatic rings. The minimum atomic E-state index is 0.330. The first-order chi connectivity index (χ1) is 11.3. The fourth-order valence-electron chi connectivity index (χ4n) is 3.60. The number of nitrogens with one attached hydrogen (secondary N) is 2. The third kappa shape index (κ3) is 2.88. The van der Waals surface area contributed by atoms with E-state index in [4.69, 9.17) is 0 Å². The third-order valence-corrected chi connectivity index (χ3v) is 4.84. The Kier molecular flexibility index (Phi) is 3.86. The van der Waals surface area contributed by atoms with Crippen molar-refractivity contribution in [3.8, 4) is 0 Å².